The molecule has 0 aliphatic carbocycles. The summed E-state index contributed by atoms with van der Waals surface area (Å²) in [4.78, 5) is 0. The summed E-state index contributed by atoms with van der Waals surface area (Å²) in [6, 6.07) is 0. The second-order valence-corrected chi connectivity index (χ2v) is 5.87. The van der Waals surface area contributed by atoms with Gasteiger partial charge in [0.25, 0.3) is 0 Å². The first kappa shape index (κ1) is 11.2. The molecule has 1 atom stereocenters. The summed E-state index contributed by atoms with van der Waals surface area (Å²) in [5.74, 6) is 0.313. The van der Waals surface area contributed by atoms with E-state index >= 15 is 0 Å². The fraction of sp³-hybridized carbons (Fsp3) is 1.00. The van der Waals surface area contributed by atoms with Gasteiger partial charge < -0.3 is 9.26 Å². The van der Waals surface area contributed by atoms with Gasteiger partial charge in [-0.1, -0.05) is 6.92 Å². The molecule has 0 spiro atoms. The number of ether oxygens (including phenoxy) is 1. The lowest BCUT2D eigenvalue weighted by Crippen LogP contribution is -2.10. The van der Waals surface area contributed by atoms with Crippen molar-refractivity contribution in [1.29, 1.82) is 0 Å². The van der Waals surface area contributed by atoms with Crippen LogP contribution >= 0.6 is 7.37 Å². The van der Waals surface area contributed by atoms with E-state index in [-0.39, 0.29) is 0 Å². The molecule has 0 saturated heterocycles. The van der Waals surface area contributed by atoms with Crippen molar-refractivity contribution in [2.24, 2.45) is 5.92 Å². The Balaban J connectivity index is 3.46. The zero-order valence-corrected chi connectivity index (χ0v) is 8.56. The average Bonchev–Trinajstić information content (AvgIpc) is 1.83. The SMILES string of the molecule is COC[C@H](C)COP(C)(C)=O. The molecule has 0 heterocycles. The summed E-state index contributed by atoms with van der Waals surface area (Å²) in [5, 5.41) is 0. The fourth-order valence-electron chi connectivity index (χ4n) is 0.639. The van der Waals surface area contributed by atoms with Gasteiger partial charge in [0.05, 0.1) is 13.2 Å². The molecule has 0 saturated carbocycles. The first-order valence-corrected chi connectivity index (χ1v) is 6.16. The predicted octanol–water partition coefficient (Wildman–Crippen LogP) is 1.82. The van der Waals surface area contributed by atoms with E-state index in [9.17, 15) is 4.57 Å². The second-order valence-electron chi connectivity index (χ2n) is 3.11. The zero-order valence-electron chi connectivity index (χ0n) is 7.66. The summed E-state index contributed by atoms with van der Waals surface area (Å²) in [7, 11) is -0.652. The van der Waals surface area contributed by atoms with Crippen LogP contribution in [0.2, 0.25) is 0 Å². The number of methoxy groups -OCH3 is 1. The van der Waals surface area contributed by atoms with Gasteiger partial charge in [-0.15, -0.1) is 0 Å². The van der Waals surface area contributed by atoms with Crippen LogP contribution in [-0.2, 0) is 13.8 Å². The monoisotopic (exact) mass is 180 g/mol. The molecule has 3 nitrogen and oxygen atoms in total. The minimum absolute atomic E-state index is 0.313. The molecule has 0 aliphatic heterocycles. The van der Waals surface area contributed by atoms with Crippen LogP contribution in [0.25, 0.3) is 0 Å². The quantitative estimate of drug-likeness (QED) is 0.605. The molecule has 11 heavy (non-hydrogen) atoms. The smallest absolute Gasteiger partial charge is 0.197 e. The second kappa shape index (κ2) is 4.91. The number of hydrogen-bond donors (Lipinski definition) is 0. The maximum atomic E-state index is 11.1. The molecule has 0 aromatic heterocycles. The van der Waals surface area contributed by atoms with E-state index in [1.165, 1.54) is 0 Å². The van der Waals surface area contributed by atoms with Crippen LogP contribution in [0.5, 0.6) is 0 Å². The molecule has 0 rings (SSSR count). The molecule has 0 unspecified atom stereocenters. The molecule has 0 aromatic carbocycles. The van der Waals surface area contributed by atoms with Gasteiger partial charge in [-0.2, -0.15) is 0 Å². The highest BCUT2D eigenvalue weighted by Gasteiger charge is 2.09. The third-order valence-electron chi connectivity index (χ3n) is 1.12. The Bertz CT molecular complexity index is 141. The lowest BCUT2D eigenvalue weighted by Gasteiger charge is -2.13. The van der Waals surface area contributed by atoms with Gasteiger partial charge in [-0.25, -0.2) is 0 Å². The van der Waals surface area contributed by atoms with Crippen LogP contribution in [-0.4, -0.2) is 33.7 Å². The van der Waals surface area contributed by atoms with Crippen molar-refractivity contribution in [3.05, 3.63) is 0 Å². The molecule has 0 aliphatic rings. The number of rotatable bonds is 5. The first-order valence-electron chi connectivity index (χ1n) is 3.64. The fourth-order valence-corrected chi connectivity index (χ4v) is 1.25. The van der Waals surface area contributed by atoms with Crippen LogP contribution in [0.15, 0.2) is 0 Å². The normalized spacial score (nSPS) is 14.9. The van der Waals surface area contributed by atoms with E-state index in [1.54, 1.807) is 20.4 Å². The molecular weight excluding hydrogens is 163 g/mol. The predicted molar refractivity (Wildman–Crippen MR) is 46.4 cm³/mol. The van der Waals surface area contributed by atoms with Gasteiger partial charge in [0, 0.05) is 26.4 Å². The standard InChI is InChI=1S/C7H17O3P/c1-7(5-9-2)6-10-11(3,4)8/h7H,5-6H2,1-4H3/t7-/m0/s1. The van der Waals surface area contributed by atoms with Crippen molar-refractivity contribution in [2.75, 3.05) is 33.7 Å². The van der Waals surface area contributed by atoms with E-state index in [1.807, 2.05) is 6.92 Å². The summed E-state index contributed by atoms with van der Waals surface area (Å²) in [5.41, 5.74) is 0. The zero-order chi connectivity index (χ0) is 8.91. The van der Waals surface area contributed by atoms with E-state index in [4.69, 9.17) is 9.26 Å². The lowest BCUT2D eigenvalue weighted by atomic mass is 10.2. The Hall–Kier alpha value is 0.150. The van der Waals surface area contributed by atoms with Crippen molar-refractivity contribution in [3.63, 3.8) is 0 Å². The first-order chi connectivity index (χ1) is 4.95. The highest BCUT2D eigenvalue weighted by atomic mass is 31.2. The molecule has 0 amide bonds. The van der Waals surface area contributed by atoms with Gasteiger partial charge in [0.1, 0.15) is 0 Å². The average molecular weight is 180 g/mol. The van der Waals surface area contributed by atoms with Crippen molar-refractivity contribution < 1.29 is 13.8 Å². The van der Waals surface area contributed by atoms with Crippen LogP contribution in [0.3, 0.4) is 0 Å². The molecule has 0 N–H and O–H groups in total. The van der Waals surface area contributed by atoms with Crippen molar-refractivity contribution >= 4 is 7.37 Å². The Morgan fingerprint density at radius 3 is 2.27 bits per heavy atom. The van der Waals surface area contributed by atoms with Gasteiger partial charge in [-0.05, 0) is 0 Å². The molecule has 0 bridgehead atoms. The minimum Gasteiger partial charge on any atom is -0.384 e. The maximum absolute atomic E-state index is 11.1. The molecular formula is C7H17O3P. The summed E-state index contributed by atoms with van der Waals surface area (Å²) < 4.78 is 21.1. The molecule has 4 heteroatoms. The summed E-state index contributed by atoms with van der Waals surface area (Å²) in [6.45, 7) is 6.40. The molecule has 68 valence electrons. The summed E-state index contributed by atoms with van der Waals surface area (Å²) in [6.07, 6.45) is 0. The summed E-state index contributed by atoms with van der Waals surface area (Å²) >= 11 is 0. The minimum atomic E-state index is -2.30. The van der Waals surface area contributed by atoms with Crippen molar-refractivity contribution in [1.82, 2.24) is 0 Å². The van der Waals surface area contributed by atoms with Crippen LogP contribution in [0.4, 0.5) is 0 Å². The topological polar surface area (TPSA) is 35.5 Å². The third kappa shape index (κ3) is 8.05. The van der Waals surface area contributed by atoms with Crippen LogP contribution in [0, 0.1) is 5.92 Å². The van der Waals surface area contributed by atoms with Crippen molar-refractivity contribution in [3.8, 4) is 0 Å². The third-order valence-corrected chi connectivity index (χ3v) is 1.89. The highest BCUT2D eigenvalue weighted by molar-refractivity contribution is 7.57. The molecule has 0 fully saturated rings. The number of hydrogen-bond acceptors (Lipinski definition) is 3. The Morgan fingerprint density at radius 1 is 1.36 bits per heavy atom. The Labute approximate surface area is 68.5 Å². The van der Waals surface area contributed by atoms with E-state index in [0.29, 0.717) is 19.1 Å². The highest BCUT2D eigenvalue weighted by Crippen LogP contribution is 2.37. The Kier molecular flexibility index (Phi) is 4.98. The van der Waals surface area contributed by atoms with Gasteiger partial charge in [0.15, 0.2) is 7.37 Å². The molecule has 0 radical (unpaired) electrons. The Morgan fingerprint density at radius 2 is 1.91 bits per heavy atom. The van der Waals surface area contributed by atoms with Gasteiger partial charge >= 0.3 is 0 Å². The maximum Gasteiger partial charge on any atom is 0.197 e. The molecule has 0 aromatic rings. The van der Waals surface area contributed by atoms with Gasteiger partial charge in [0.2, 0.25) is 0 Å². The van der Waals surface area contributed by atoms with Crippen molar-refractivity contribution in [2.45, 2.75) is 6.92 Å². The largest absolute Gasteiger partial charge is 0.384 e. The van der Waals surface area contributed by atoms with Gasteiger partial charge in [-0.3, -0.25) is 4.57 Å². The van der Waals surface area contributed by atoms with Crippen LogP contribution < -0.4 is 0 Å². The van der Waals surface area contributed by atoms with Crippen LogP contribution in [0.1, 0.15) is 6.92 Å². The lowest BCUT2D eigenvalue weighted by molar-refractivity contribution is 0.129. The van der Waals surface area contributed by atoms with E-state index in [2.05, 4.69) is 0 Å². The van der Waals surface area contributed by atoms with E-state index in [0.717, 1.165) is 0 Å². The van der Waals surface area contributed by atoms with E-state index < -0.39 is 7.37 Å².